The molecule has 0 radical (unpaired) electrons. The third-order valence-corrected chi connectivity index (χ3v) is 7.60. The Morgan fingerprint density at radius 1 is 0.938 bits per heavy atom. The molecule has 0 aliphatic carbocycles. The van der Waals surface area contributed by atoms with Gasteiger partial charge in [-0.05, 0) is 55.2 Å². The van der Waals surface area contributed by atoms with Crippen LogP contribution in [0.2, 0.25) is 0 Å². The molecule has 4 rings (SSSR count). The van der Waals surface area contributed by atoms with Crippen molar-refractivity contribution in [3.05, 3.63) is 96.4 Å². The van der Waals surface area contributed by atoms with Crippen molar-refractivity contribution >= 4 is 26.5 Å². The number of ketones is 1. The van der Waals surface area contributed by atoms with Gasteiger partial charge < -0.3 is 4.57 Å². The van der Waals surface area contributed by atoms with E-state index in [1.165, 1.54) is 0 Å². The molecule has 0 fully saturated rings. The summed E-state index contributed by atoms with van der Waals surface area (Å²) in [6.07, 6.45) is 5.83. The van der Waals surface area contributed by atoms with Gasteiger partial charge in [-0.15, -0.1) is 0 Å². The first-order chi connectivity index (χ1) is 15.5. The Bertz CT molecular complexity index is 1310. The van der Waals surface area contributed by atoms with Crippen LogP contribution < -0.4 is 0 Å². The van der Waals surface area contributed by atoms with Crippen molar-refractivity contribution in [2.45, 2.75) is 42.9 Å². The Hall–Kier alpha value is -3.25. The highest BCUT2D eigenvalue weighted by atomic mass is 32.2. The molecule has 0 saturated carbocycles. The van der Waals surface area contributed by atoms with Gasteiger partial charge in [0.05, 0.1) is 4.90 Å². The lowest BCUT2D eigenvalue weighted by Crippen LogP contribution is -2.27. The zero-order chi connectivity index (χ0) is 22.6. The van der Waals surface area contributed by atoms with Gasteiger partial charge in [0.1, 0.15) is 0 Å². The molecule has 0 aliphatic rings. The van der Waals surface area contributed by atoms with Crippen molar-refractivity contribution < 1.29 is 13.2 Å². The minimum atomic E-state index is -3.92. The first-order valence-electron chi connectivity index (χ1n) is 10.8. The number of carbonyl (C=O) groups is 1. The second-order valence-electron chi connectivity index (χ2n) is 7.83. The number of hydrogen-bond donors (Lipinski definition) is 0. The van der Waals surface area contributed by atoms with Crippen LogP contribution in [0.3, 0.4) is 0 Å². The molecule has 2 aromatic heterocycles. The van der Waals surface area contributed by atoms with Gasteiger partial charge in [0.15, 0.2) is 11.2 Å². The molecule has 32 heavy (non-hydrogen) atoms. The van der Waals surface area contributed by atoms with Gasteiger partial charge >= 0.3 is 0 Å². The van der Waals surface area contributed by atoms with Crippen molar-refractivity contribution in [1.29, 1.82) is 0 Å². The minimum Gasteiger partial charge on any atom is -0.323 e. The number of rotatable bonds is 9. The molecular weight excluding hydrogens is 420 g/mol. The molecule has 2 aromatic carbocycles. The van der Waals surface area contributed by atoms with Crippen LogP contribution in [0.1, 0.15) is 36.4 Å². The van der Waals surface area contributed by atoms with Crippen LogP contribution in [-0.2, 0) is 27.5 Å². The molecule has 4 aromatic rings. The molecule has 0 saturated heterocycles. The lowest BCUT2D eigenvalue weighted by atomic mass is 10.1. The van der Waals surface area contributed by atoms with Gasteiger partial charge in [-0.25, -0.2) is 8.42 Å². The van der Waals surface area contributed by atoms with Gasteiger partial charge in [0.2, 0.25) is 9.84 Å². The highest BCUT2D eigenvalue weighted by Gasteiger charge is 2.35. The number of aryl methyl sites for hydroxylation is 2. The van der Waals surface area contributed by atoms with Crippen LogP contribution >= 0.6 is 0 Å². The molecule has 2 heterocycles. The first-order valence-corrected chi connectivity index (χ1v) is 12.4. The number of hydrogen-bond acceptors (Lipinski definition) is 4. The summed E-state index contributed by atoms with van der Waals surface area (Å²) in [5.74, 6) is -0.298. The van der Waals surface area contributed by atoms with E-state index in [2.05, 4.69) is 4.98 Å². The fourth-order valence-electron chi connectivity index (χ4n) is 4.07. The van der Waals surface area contributed by atoms with Gasteiger partial charge in [-0.3, -0.25) is 9.78 Å². The smallest absolute Gasteiger partial charge is 0.207 e. The number of Topliss-reactive ketones (excluding diaryl/α,β-unsaturated/α-hetero) is 1. The molecule has 1 unspecified atom stereocenters. The topological polar surface area (TPSA) is 69.0 Å². The van der Waals surface area contributed by atoms with Gasteiger partial charge in [0, 0.05) is 35.4 Å². The molecule has 0 spiro atoms. The number of para-hydroxylation sites is 1. The number of pyridine rings is 1. The number of carbonyl (C=O) groups excluding carboxylic acids is 1. The number of fused-ring (bicyclic) bond motifs is 1. The largest absolute Gasteiger partial charge is 0.323 e. The van der Waals surface area contributed by atoms with E-state index in [-0.39, 0.29) is 17.1 Å². The molecule has 1 atom stereocenters. The van der Waals surface area contributed by atoms with E-state index in [1.54, 1.807) is 41.1 Å². The molecule has 0 bridgehead atoms. The summed E-state index contributed by atoms with van der Waals surface area (Å²) in [5.41, 5.74) is 2.72. The average Bonchev–Trinajstić information content (AvgIpc) is 3.17. The zero-order valence-electron chi connectivity index (χ0n) is 18.0. The molecule has 0 amide bonds. The standard InChI is InChI=1S/C26H26N2O3S/c1-2-10-25(29)26(32(30,31)22-12-4-3-5-13-22)28-19-20(23-14-6-7-15-24(23)28)16-17-21-11-8-9-18-27-21/h3-9,11-15,18-19,26H,2,10,16-17H2,1H3. The number of aromatic nitrogens is 2. The molecule has 164 valence electrons. The Morgan fingerprint density at radius 2 is 1.66 bits per heavy atom. The fourth-order valence-corrected chi connectivity index (χ4v) is 5.80. The summed E-state index contributed by atoms with van der Waals surface area (Å²) in [6.45, 7) is 1.89. The van der Waals surface area contributed by atoms with Crippen molar-refractivity contribution in [2.24, 2.45) is 0 Å². The quantitative estimate of drug-likeness (QED) is 0.356. The van der Waals surface area contributed by atoms with E-state index in [9.17, 15) is 13.2 Å². The maximum absolute atomic E-state index is 13.6. The van der Waals surface area contributed by atoms with Crippen LogP contribution in [0.5, 0.6) is 0 Å². The third kappa shape index (κ3) is 4.36. The molecule has 6 heteroatoms. The monoisotopic (exact) mass is 446 g/mol. The Labute approximate surface area is 188 Å². The van der Waals surface area contributed by atoms with E-state index < -0.39 is 15.2 Å². The second-order valence-corrected chi connectivity index (χ2v) is 9.83. The van der Waals surface area contributed by atoms with Crippen molar-refractivity contribution in [3.8, 4) is 0 Å². The maximum Gasteiger partial charge on any atom is 0.207 e. The van der Waals surface area contributed by atoms with Crippen LogP contribution in [0.4, 0.5) is 0 Å². The van der Waals surface area contributed by atoms with Crippen molar-refractivity contribution in [2.75, 3.05) is 0 Å². The molecule has 0 aliphatic heterocycles. The number of sulfone groups is 1. The highest BCUT2D eigenvalue weighted by Crippen LogP contribution is 2.33. The lowest BCUT2D eigenvalue weighted by molar-refractivity contribution is -0.120. The van der Waals surface area contributed by atoms with E-state index in [0.29, 0.717) is 12.8 Å². The molecule has 0 N–H and O–H groups in total. The van der Waals surface area contributed by atoms with Gasteiger partial charge in [-0.2, -0.15) is 0 Å². The van der Waals surface area contributed by atoms with Crippen LogP contribution in [0.15, 0.2) is 90.1 Å². The van der Waals surface area contributed by atoms with E-state index in [1.807, 2.05) is 55.6 Å². The van der Waals surface area contributed by atoms with E-state index in [0.717, 1.165) is 28.6 Å². The second kappa shape index (κ2) is 9.49. The fraction of sp³-hybridized carbons (Fsp3) is 0.231. The van der Waals surface area contributed by atoms with E-state index in [4.69, 9.17) is 0 Å². The summed E-state index contributed by atoms with van der Waals surface area (Å²) in [4.78, 5) is 17.7. The predicted molar refractivity (Wildman–Crippen MR) is 126 cm³/mol. The van der Waals surface area contributed by atoms with E-state index >= 15 is 0 Å². The van der Waals surface area contributed by atoms with Crippen LogP contribution in [0, 0.1) is 0 Å². The normalized spacial score (nSPS) is 12.7. The summed E-state index contributed by atoms with van der Waals surface area (Å²) in [6, 6.07) is 21.7. The maximum atomic E-state index is 13.6. The summed E-state index contributed by atoms with van der Waals surface area (Å²) >= 11 is 0. The number of nitrogens with zero attached hydrogens (tertiary/aromatic N) is 2. The SMILES string of the molecule is CCCC(=O)C(n1cc(CCc2ccccn2)c2ccccc21)S(=O)(=O)c1ccccc1. The minimum absolute atomic E-state index is 0.155. The van der Waals surface area contributed by atoms with Crippen LogP contribution in [0.25, 0.3) is 10.9 Å². The Morgan fingerprint density at radius 3 is 2.38 bits per heavy atom. The summed E-state index contributed by atoms with van der Waals surface area (Å²) < 4.78 is 28.9. The van der Waals surface area contributed by atoms with Gasteiger partial charge in [-0.1, -0.05) is 49.4 Å². The van der Waals surface area contributed by atoms with Crippen LogP contribution in [-0.4, -0.2) is 23.8 Å². The Kier molecular flexibility index (Phi) is 6.51. The van der Waals surface area contributed by atoms with Gasteiger partial charge in [0.25, 0.3) is 0 Å². The summed E-state index contributed by atoms with van der Waals surface area (Å²) in [7, 11) is -3.92. The van der Waals surface area contributed by atoms with Crippen molar-refractivity contribution in [3.63, 3.8) is 0 Å². The summed E-state index contributed by atoms with van der Waals surface area (Å²) in [5, 5.41) is -0.334. The first kappa shape index (κ1) is 22.0. The lowest BCUT2D eigenvalue weighted by Gasteiger charge is -2.19. The third-order valence-electron chi connectivity index (χ3n) is 5.59. The Balaban J connectivity index is 1.82. The number of benzene rings is 2. The zero-order valence-corrected chi connectivity index (χ0v) is 18.8. The predicted octanol–water partition coefficient (Wildman–Crippen LogP) is 5.16. The van der Waals surface area contributed by atoms with Crippen molar-refractivity contribution in [1.82, 2.24) is 9.55 Å². The molecule has 5 nitrogen and oxygen atoms in total. The molecular formula is C26H26N2O3S. The average molecular weight is 447 g/mol. The highest BCUT2D eigenvalue weighted by molar-refractivity contribution is 7.92.